The molecule has 3 aromatic rings. The minimum atomic E-state index is -0.290. The number of carbonyl (C=O) groups excluding carboxylic acids is 1. The minimum Gasteiger partial charge on any atom is -0.334 e. The molecule has 0 spiro atoms. The second kappa shape index (κ2) is 7.92. The van der Waals surface area contributed by atoms with Gasteiger partial charge in [0.1, 0.15) is 17.5 Å². The second-order valence-corrected chi connectivity index (χ2v) is 7.04. The van der Waals surface area contributed by atoms with Gasteiger partial charge < -0.3 is 4.90 Å². The van der Waals surface area contributed by atoms with Crippen LogP contribution in [-0.4, -0.2) is 31.9 Å². The van der Waals surface area contributed by atoms with Gasteiger partial charge in [-0.2, -0.15) is 0 Å². The Kier molecular flexibility index (Phi) is 5.19. The van der Waals surface area contributed by atoms with Gasteiger partial charge in [0.05, 0.1) is 18.2 Å². The SMILES string of the molecule is CCc1nccn1-c1cccc([C@@H]2CCCN2C(=O)Cc2ccc(F)cc2)n1. The first-order valence-electron chi connectivity index (χ1n) is 9.69. The van der Waals surface area contributed by atoms with Crippen molar-refractivity contribution in [2.75, 3.05) is 6.54 Å². The van der Waals surface area contributed by atoms with E-state index in [0.717, 1.165) is 48.7 Å². The molecule has 28 heavy (non-hydrogen) atoms. The lowest BCUT2D eigenvalue weighted by molar-refractivity contribution is -0.131. The number of halogens is 1. The Morgan fingerprint density at radius 1 is 1.21 bits per heavy atom. The first kappa shape index (κ1) is 18.3. The van der Waals surface area contributed by atoms with E-state index < -0.39 is 0 Å². The van der Waals surface area contributed by atoms with Crippen molar-refractivity contribution in [1.82, 2.24) is 19.4 Å². The molecule has 1 aromatic carbocycles. The van der Waals surface area contributed by atoms with Crippen LogP contribution in [0.3, 0.4) is 0 Å². The van der Waals surface area contributed by atoms with Crippen LogP contribution in [0.25, 0.3) is 5.82 Å². The molecule has 0 bridgehead atoms. The van der Waals surface area contributed by atoms with Crippen LogP contribution in [0.5, 0.6) is 0 Å². The molecule has 144 valence electrons. The van der Waals surface area contributed by atoms with Crippen LogP contribution in [0.4, 0.5) is 4.39 Å². The minimum absolute atomic E-state index is 0.0264. The van der Waals surface area contributed by atoms with Gasteiger partial charge in [0, 0.05) is 25.4 Å². The molecule has 0 aliphatic carbocycles. The smallest absolute Gasteiger partial charge is 0.227 e. The van der Waals surface area contributed by atoms with Gasteiger partial charge in [0.15, 0.2) is 0 Å². The number of benzene rings is 1. The summed E-state index contributed by atoms with van der Waals surface area (Å²) >= 11 is 0. The number of hydrogen-bond donors (Lipinski definition) is 0. The van der Waals surface area contributed by atoms with Gasteiger partial charge in [-0.3, -0.25) is 9.36 Å². The predicted octanol–water partition coefficient (Wildman–Crippen LogP) is 3.88. The number of nitrogens with zero attached hydrogens (tertiary/aromatic N) is 4. The Hall–Kier alpha value is -3.02. The maximum absolute atomic E-state index is 13.1. The molecule has 1 atom stereocenters. The normalized spacial score (nSPS) is 16.5. The molecule has 5 nitrogen and oxygen atoms in total. The lowest BCUT2D eigenvalue weighted by Gasteiger charge is -2.25. The zero-order valence-corrected chi connectivity index (χ0v) is 15.9. The Morgan fingerprint density at radius 3 is 2.82 bits per heavy atom. The third-order valence-electron chi connectivity index (χ3n) is 5.22. The molecule has 0 unspecified atom stereocenters. The average Bonchev–Trinajstić information content (AvgIpc) is 3.39. The number of amides is 1. The van der Waals surface area contributed by atoms with Gasteiger partial charge in [-0.05, 0) is 42.7 Å². The van der Waals surface area contributed by atoms with E-state index in [2.05, 4.69) is 11.9 Å². The van der Waals surface area contributed by atoms with Crippen molar-refractivity contribution in [3.8, 4) is 5.82 Å². The fourth-order valence-electron chi connectivity index (χ4n) is 3.81. The van der Waals surface area contributed by atoms with E-state index in [1.807, 2.05) is 33.9 Å². The van der Waals surface area contributed by atoms with Gasteiger partial charge in [-0.25, -0.2) is 14.4 Å². The fourth-order valence-corrected chi connectivity index (χ4v) is 3.81. The van der Waals surface area contributed by atoms with Crippen LogP contribution >= 0.6 is 0 Å². The maximum atomic E-state index is 13.1. The number of likely N-dealkylation sites (tertiary alicyclic amines) is 1. The van der Waals surface area contributed by atoms with Gasteiger partial charge in [0.2, 0.25) is 5.91 Å². The topological polar surface area (TPSA) is 51.0 Å². The summed E-state index contributed by atoms with van der Waals surface area (Å²) in [4.78, 5) is 24.0. The number of aromatic nitrogens is 3. The van der Waals surface area contributed by atoms with Gasteiger partial charge in [-0.15, -0.1) is 0 Å². The average molecular weight is 378 g/mol. The summed E-state index contributed by atoms with van der Waals surface area (Å²) in [5, 5.41) is 0. The van der Waals surface area contributed by atoms with Crippen molar-refractivity contribution >= 4 is 5.91 Å². The number of rotatable bonds is 5. The van der Waals surface area contributed by atoms with Crippen molar-refractivity contribution in [3.05, 3.63) is 77.8 Å². The van der Waals surface area contributed by atoms with Crippen LogP contribution < -0.4 is 0 Å². The molecular weight excluding hydrogens is 355 g/mol. The van der Waals surface area contributed by atoms with Gasteiger partial charge in [0.25, 0.3) is 0 Å². The van der Waals surface area contributed by atoms with E-state index >= 15 is 0 Å². The fraction of sp³-hybridized carbons (Fsp3) is 0.318. The molecule has 1 fully saturated rings. The van der Waals surface area contributed by atoms with Crippen molar-refractivity contribution < 1.29 is 9.18 Å². The number of carbonyl (C=O) groups is 1. The zero-order chi connectivity index (χ0) is 19.5. The first-order valence-corrected chi connectivity index (χ1v) is 9.69. The Morgan fingerprint density at radius 2 is 2.04 bits per heavy atom. The quantitative estimate of drug-likeness (QED) is 0.677. The monoisotopic (exact) mass is 378 g/mol. The summed E-state index contributed by atoms with van der Waals surface area (Å²) in [5.74, 6) is 1.55. The molecular formula is C22H23FN4O. The van der Waals surface area contributed by atoms with Gasteiger partial charge in [-0.1, -0.05) is 25.1 Å². The van der Waals surface area contributed by atoms with Crippen molar-refractivity contribution in [3.63, 3.8) is 0 Å². The highest BCUT2D eigenvalue weighted by atomic mass is 19.1. The first-order chi connectivity index (χ1) is 13.7. The van der Waals surface area contributed by atoms with Crippen LogP contribution in [-0.2, 0) is 17.6 Å². The Bertz CT molecular complexity index is 967. The molecule has 0 radical (unpaired) electrons. The standard InChI is InChI=1S/C22H23FN4O/c1-2-20-24-12-14-27(20)21-7-3-5-18(25-21)19-6-4-13-26(19)22(28)15-16-8-10-17(23)11-9-16/h3,5,7-12,14,19H,2,4,6,13,15H2,1H3/t19-/m0/s1. The van der Waals surface area contributed by atoms with E-state index in [1.165, 1.54) is 12.1 Å². The summed E-state index contributed by atoms with van der Waals surface area (Å²) in [6.45, 7) is 2.79. The molecule has 3 heterocycles. The van der Waals surface area contributed by atoms with Crippen molar-refractivity contribution in [1.29, 1.82) is 0 Å². The highest BCUT2D eigenvalue weighted by molar-refractivity contribution is 5.79. The molecule has 0 N–H and O–H groups in total. The van der Waals surface area contributed by atoms with E-state index in [9.17, 15) is 9.18 Å². The van der Waals surface area contributed by atoms with Crippen LogP contribution in [0.15, 0.2) is 54.9 Å². The third-order valence-corrected chi connectivity index (χ3v) is 5.22. The van der Waals surface area contributed by atoms with Gasteiger partial charge >= 0.3 is 0 Å². The molecule has 2 aromatic heterocycles. The summed E-state index contributed by atoms with van der Waals surface area (Å²) in [7, 11) is 0. The molecule has 1 amide bonds. The lowest BCUT2D eigenvalue weighted by atomic mass is 10.1. The predicted molar refractivity (Wildman–Crippen MR) is 105 cm³/mol. The van der Waals surface area contributed by atoms with E-state index in [0.29, 0.717) is 0 Å². The molecule has 4 rings (SSSR count). The maximum Gasteiger partial charge on any atom is 0.227 e. The number of pyridine rings is 1. The molecule has 6 heteroatoms. The Balaban J connectivity index is 1.55. The Labute approximate surface area is 163 Å². The number of imidazole rings is 1. The summed E-state index contributed by atoms with van der Waals surface area (Å²) in [6.07, 6.45) is 6.65. The number of hydrogen-bond acceptors (Lipinski definition) is 3. The van der Waals surface area contributed by atoms with Crippen LogP contribution in [0, 0.1) is 5.82 Å². The summed E-state index contributed by atoms with van der Waals surface area (Å²) < 4.78 is 15.1. The number of aryl methyl sites for hydroxylation is 1. The highest BCUT2D eigenvalue weighted by Gasteiger charge is 2.31. The van der Waals surface area contributed by atoms with E-state index in [-0.39, 0.29) is 24.2 Å². The van der Waals surface area contributed by atoms with E-state index in [1.54, 1.807) is 18.3 Å². The molecule has 1 aliphatic rings. The van der Waals surface area contributed by atoms with Crippen LogP contribution in [0.1, 0.15) is 42.9 Å². The molecule has 0 saturated carbocycles. The second-order valence-electron chi connectivity index (χ2n) is 7.04. The lowest BCUT2D eigenvalue weighted by Crippen LogP contribution is -2.32. The molecule has 1 aliphatic heterocycles. The van der Waals surface area contributed by atoms with Crippen molar-refractivity contribution in [2.24, 2.45) is 0 Å². The molecule has 1 saturated heterocycles. The summed E-state index contributed by atoms with van der Waals surface area (Å²) in [6, 6.07) is 12.0. The largest absolute Gasteiger partial charge is 0.334 e. The zero-order valence-electron chi connectivity index (χ0n) is 15.9. The summed E-state index contributed by atoms with van der Waals surface area (Å²) in [5.41, 5.74) is 1.72. The van der Waals surface area contributed by atoms with Crippen molar-refractivity contribution in [2.45, 2.75) is 38.6 Å². The van der Waals surface area contributed by atoms with Crippen LogP contribution in [0.2, 0.25) is 0 Å². The highest BCUT2D eigenvalue weighted by Crippen LogP contribution is 2.32. The van der Waals surface area contributed by atoms with E-state index in [4.69, 9.17) is 4.98 Å². The third kappa shape index (κ3) is 3.67.